The average molecular weight is 537 g/mol. The van der Waals surface area contributed by atoms with Gasteiger partial charge in [-0.15, -0.1) is 0 Å². The Bertz CT molecular complexity index is 1480. The van der Waals surface area contributed by atoms with Gasteiger partial charge in [-0.05, 0) is 53.6 Å². The zero-order valence-corrected chi connectivity index (χ0v) is 19.8. The molecule has 0 spiro atoms. The number of hydrogen-bond acceptors (Lipinski definition) is 5. The van der Waals surface area contributed by atoms with Crippen molar-refractivity contribution >= 4 is 43.4 Å². The first-order chi connectivity index (χ1) is 18.3. The third-order valence-electron chi connectivity index (χ3n) is 5.60. The fourth-order valence-corrected chi connectivity index (χ4v) is 3.93. The van der Waals surface area contributed by atoms with Gasteiger partial charge in [-0.25, -0.2) is 4.85 Å². The van der Waals surface area contributed by atoms with E-state index in [0.29, 0.717) is 29.8 Å². The minimum atomic E-state index is -4.82. The Kier molecular flexibility index (Phi) is 7.49. The Balaban J connectivity index is 1.86. The minimum Gasteiger partial charge on any atom is -0.445 e. The van der Waals surface area contributed by atoms with Crippen molar-refractivity contribution in [2.75, 3.05) is 0 Å². The summed E-state index contributed by atoms with van der Waals surface area (Å²) in [6.45, 7) is 8.85. The van der Waals surface area contributed by atoms with Crippen LogP contribution in [0.4, 0.5) is 32.0 Å². The molecule has 0 N–H and O–H groups in total. The first-order valence-corrected chi connectivity index (χ1v) is 11.0. The molecule has 4 rings (SSSR count). The summed E-state index contributed by atoms with van der Waals surface area (Å²) < 4.78 is 98.4. The molecule has 39 heavy (non-hydrogen) atoms. The van der Waals surface area contributed by atoms with Gasteiger partial charge in [0.25, 0.3) is 0 Å². The summed E-state index contributed by atoms with van der Waals surface area (Å²) in [5.41, 5.74) is -2.49. The van der Waals surface area contributed by atoms with Gasteiger partial charge in [-0.2, -0.15) is 36.9 Å². The average Bonchev–Trinajstić information content (AvgIpc) is 2.90. The van der Waals surface area contributed by atoms with Gasteiger partial charge in [0, 0.05) is 5.56 Å². The van der Waals surface area contributed by atoms with Crippen molar-refractivity contribution in [2.45, 2.75) is 19.3 Å². The molecule has 0 radical (unpaired) electrons. The molecule has 0 atom stereocenters. The molecule has 0 aromatic heterocycles. The molecule has 3 aromatic carbocycles. The van der Waals surface area contributed by atoms with E-state index in [2.05, 4.69) is 4.85 Å². The van der Waals surface area contributed by atoms with Crippen LogP contribution in [-0.2, 0) is 26.1 Å². The maximum Gasteiger partial charge on any atom is 0.467 e. The normalized spacial score (nSPS) is 14.0. The van der Waals surface area contributed by atoms with Crippen molar-refractivity contribution in [1.82, 2.24) is 0 Å². The van der Waals surface area contributed by atoms with Crippen LogP contribution in [0.5, 0.6) is 0 Å². The van der Waals surface area contributed by atoms with Gasteiger partial charge in [-0.3, -0.25) is 0 Å². The highest BCUT2D eigenvalue weighted by molar-refractivity contribution is 6.87. The smallest absolute Gasteiger partial charge is 0.445 e. The predicted molar refractivity (Wildman–Crippen MR) is 129 cm³/mol. The summed E-state index contributed by atoms with van der Waals surface area (Å²) in [6, 6.07) is 12.9. The number of halogens is 6. The summed E-state index contributed by atoms with van der Waals surface area (Å²) >= 11 is 0. The molecular weight excluding hydrogens is 525 g/mol. The Morgan fingerprint density at radius 1 is 0.667 bits per heavy atom. The van der Waals surface area contributed by atoms with Crippen molar-refractivity contribution in [3.05, 3.63) is 93.8 Å². The van der Waals surface area contributed by atoms with Gasteiger partial charge in [-0.1, -0.05) is 29.8 Å². The number of rotatable bonds is 3. The highest BCUT2D eigenvalue weighted by Gasteiger charge is 2.45. The summed E-state index contributed by atoms with van der Waals surface area (Å²) in [5.74, 6) is 0. The zero-order valence-electron chi connectivity index (χ0n) is 19.8. The van der Waals surface area contributed by atoms with Crippen molar-refractivity contribution in [3.63, 3.8) is 0 Å². The van der Waals surface area contributed by atoms with Gasteiger partial charge < -0.3 is 13.7 Å². The summed E-state index contributed by atoms with van der Waals surface area (Å²) in [6.07, 6.45) is -9.64. The summed E-state index contributed by atoms with van der Waals surface area (Å²) in [7, 11) is -4.69. The van der Waals surface area contributed by atoms with E-state index in [-0.39, 0.29) is 33.2 Å². The molecule has 1 aliphatic heterocycles. The van der Waals surface area contributed by atoms with E-state index in [1.165, 1.54) is 6.07 Å². The molecule has 6 nitrogen and oxygen atoms in total. The number of aryl methyl sites for hydroxylation is 1. The lowest BCUT2D eigenvalue weighted by Gasteiger charge is -2.32. The summed E-state index contributed by atoms with van der Waals surface area (Å²) in [5, 5.41) is 18.6. The molecular formula is C24H12B3F6N3O3. The van der Waals surface area contributed by atoms with E-state index in [4.69, 9.17) is 20.3 Å². The van der Waals surface area contributed by atoms with Gasteiger partial charge in [0.2, 0.25) is 0 Å². The Hall–Kier alpha value is -4.22. The maximum atomic E-state index is 13.5. The van der Waals surface area contributed by atoms with Crippen LogP contribution in [0.15, 0.2) is 54.6 Å². The first-order valence-electron chi connectivity index (χ1n) is 11.0. The molecule has 192 valence electrons. The van der Waals surface area contributed by atoms with Gasteiger partial charge in [0.1, 0.15) is 0 Å². The molecule has 0 aliphatic carbocycles. The number of alkyl halides is 6. The lowest BCUT2D eigenvalue weighted by atomic mass is 9.61. The van der Waals surface area contributed by atoms with E-state index in [0.717, 1.165) is 12.1 Å². The molecule has 3 aromatic rings. The molecule has 0 amide bonds. The van der Waals surface area contributed by atoms with Crippen LogP contribution in [0, 0.1) is 36.2 Å². The lowest BCUT2D eigenvalue weighted by Crippen LogP contribution is -2.61. The number of nitrogens with zero attached hydrogens (tertiary/aromatic N) is 3. The van der Waals surface area contributed by atoms with Crippen LogP contribution in [0.1, 0.15) is 27.8 Å². The quantitative estimate of drug-likeness (QED) is 0.288. The number of benzene rings is 3. The minimum absolute atomic E-state index is 0.206. The standard InChI is InChI=1S/C24H12B3F6N3O3/c1-14-3-15(12-34)6-19(4-14)25-37-26(20-7-16(13-35)5-17(8-20)23(28,29)30)39-27(38-25)21-9-18(24(31,32)33)10-22(11-21)36-2/h3-11H,1H3. The van der Waals surface area contributed by atoms with Crippen molar-refractivity contribution in [1.29, 1.82) is 10.5 Å². The highest BCUT2D eigenvalue weighted by Crippen LogP contribution is 2.32. The fourth-order valence-electron chi connectivity index (χ4n) is 3.93. The van der Waals surface area contributed by atoms with Gasteiger partial charge >= 0.3 is 33.7 Å². The van der Waals surface area contributed by atoms with E-state index in [1.807, 2.05) is 6.07 Å². The Morgan fingerprint density at radius 2 is 1.10 bits per heavy atom. The van der Waals surface area contributed by atoms with Crippen LogP contribution in [0.25, 0.3) is 4.85 Å². The SMILES string of the molecule is [C-]#[N+]c1cc(B2OB(c3cc(C)cc(C#N)c3)OB(c3cc(C#N)cc(C(F)(F)F)c3)O2)cc(C(F)(F)F)c1. The van der Waals surface area contributed by atoms with Crippen molar-refractivity contribution in [2.24, 2.45) is 0 Å². The van der Waals surface area contributed by atoms with Crippen LogP contribution >= 0.6 is 0 Å². The lowest BCUT2D eigenvalue weighted by molar-refractivity contribution is -0.138. The van der Waals surface area contributed by atoms with Gasteiger partial charge in [0.15, 0.2) is 5.69 Å². The van der Waals surface area contributed by atoms with Gasteiger partial charge in [0.05, 0.1) is 35.4 Å². The molecule has 1 saturated heterocycles. The molecule has 0 unspecified atom stereocenters. The van der Waals surface area contributed by atoms with Crippen LogP contribution in [0.3, 0.4) is 0 Å². The van der Waals surface area contributed by atoms with E-state index < -0.39 is 44.8 Å². The van der Waals surface area contributed by atoms with E-state index >= 15 is 0 Å². The van der Waals surface area contributed by atoms with Crippen molar-refractivity contribution in [3.8, 4) is 12.1 Å². The van der Waals surface area contributed by atoms with E-state index in [1.54, 1.807) is 25.1 Å². The first kappa shape index (κ1) is 27.8. The maximum absolute atomic E-state index is 13.5. The van der Waals surface area contributed by atoms with E-state index in [9.17, 15) is 36.9 Å². The summed E-state index contributed by atoms with van der Waals surface area (Å²) in [4.78, 5) is 3.06. The Labute approximate surface area is 219 Å². The second kappa shape index (κ2) is 10.5. The number of hydrogen-bond donors (Lipinski definition) is 0. The van der Waals surface area contributed by atoms with Crippen LogP contribution in [0.2, 0.25) is 0 Å². The second-order valence-corrected chi connectivity index (χ2v) is 8.52. The molecule has 1 fully saturated rings. The van der Waals surface area contributed by atoms with Crippen LogP contribution in [-0.4, -0.2) is 21.4 Å². The topological polar surface area (TPSA) is 79.6 Å². The molecule has 1 aliphatic rings. The van der Waals surface area contributed by atoms with Crippen LogP contribution < -0.4 is 16.4 Å². The Morgan fingerprint density at radius 3 is 1.56 bits per heavy atom. The number of nitriles is 2. The third-order valence-corrected chi connectivity index (χ3v) is 5.60. The highest BCUT2D eigenvalue weighted by atomic mass is 19.4. The molecule has 15 heteroatoms. The molecule has 0 saturated carbocycles. The second-order valence-electron chi connectivity index (χ2n) is 8.52. The predicted octanol–water partition coefficient (Wildman–Crippen LogP) is 3.88. The third kappa shape index (κ3) is 6.27. The molecule has 1 heterocycles. The monoisotopic (exact) mass is 537 g/mol. The zero-order chi connectivity index (χ0) is 28.5. The molecule has 0 bridgehead atoms. The fraction of sp³-hybridized carbons (Fsp3) is 0.125. The van der Waals surface area contributed by atoms with Crippen molar-refractivity contribution < 1.29 is 40.1 Å². The largest absolute Gasteiger partial charge is 0.467 e.